The summed E-state index contributed by atoms with van der Waals surface area (Å²) in [6, 6.07) is 7.41. The predicted octanol–water partition coefficient (Wildman–Crippen LogP) is 4.08. The number of carbonyl (C=O) groups is 1. The van der Waals surface area contributed by atoms with Crippen molar-refractivity contribution in [3.05, 3.63) is 51.0 Å². The predicted molar refractivity (Wildman–Crippen MR) is 121 cm³/mol. The fourth-order valence-corrected chi connectivity index (χ4v) is 4.23. The Balaban J connectivity index is 2.15. The Labute approximate surface area is 187 Å². The molecule has 0 atom stereocenters. The number of ether oxygens (including phenoxy) is 2. The van der Waals surface area contributed by atoms with Gasteiger partial charge in [-0.15, -0.1) is 0 Å². The van der Waals surface area contributed by atoms with E-state index in [1.807, 2.05) is 19.0 Å². The number of thiazole rings is 1. The van der Waals surface area contributed by atoms with Crippen molar-refractivity contribution in [3.8, 4) is 11.5 Å². The molecule has 0 N–H and O–H groups in total. The standard InChI is InChI=1S/C20H21ClN4O5S/c1-23(2)9-10-24(19(26)13-11-12(21)5-6-14(13)25(27)28)20-22-17-15(29-3)7-8-16(30-4)18(17)31-20/h5-8,11H,9-10H2,1-4H3. The van der Waals surface area contributed by atoms with Crippen LogP contribution in [0.4, 0.5) is 10.8 Å². The minimum absolute atomic E-state index is 0.102. The Hall–Kier alpha value is -2.95. The molecule has 0 unspecified atom stereocenters. The number of likely N-dealkylation sites (N-methyl/N-ethyl adjacent to an activating group) is 1. The third-order valence-electron chi connectivity index (χ3n) is 4.53. The molecule has 0 saturated heterocycles. The lowest BCUT2D eigenvalue weighted by molar-refractivity contribution is -0.385. The number of nitro benzene ring substituents is 1. The first-order valence-electron chi connectivity index (χ1n) is 9.18. The number of anilines is 1. The molecule has 0 bridgehead atoms. The van der Waals surface area contributed by atoms with Gasteiger partial charge < -0.3 is 14.4 Å². The van der Waals surface area contributed by atoms with Crippen molar-refractivity contribution < 1.29 is 19.2 Å². The molecular formula is C20H21ClN4O5S. The quantitative estimate of drug-likeness (QED) is 0.366. The Morgan fingerprint density at radius 3 is 2.45 bits per heavy atom. The molecule has 0 saturated carbocycles. The van der Waals surface area contributed by atoms with Gasteiger partial charge in [-0.3, -0.25) is 19.8 Å². The van der Waals surface area contributed by atoms with Crippen molar-refractivity contribution in [2.75, 3.05) is 46.3 Å². The minimum Gasteiger partial charge on any atom is -0.495 e. The monoisotopic (exact) mass is 464 g/mol. The molecule has 3 aromatic rings. The molecule has 11 heteroatoms. The Morgan fingerprint density at radius 2 is 1.84 bits per heavy atom. The van der Waals surface area contributed by atoms with Gasteiger partial charge >= 0.3 is 0 Å². The molecule has 0 spiro atoms. The van der Waals surface area contributed by atoms with Crippen LogP contribution < -0.4 is 14.4 Å². The molecule has 0 aliphatic carbocycles. The number of rotatable bonds is 8. The van der Waals surface area contributed by atoms with E-state index in [0.29, 0.717) is 33.4 Å². The molecule has 0 radical (unpaired) electrons. The highest BCUT2D eigenvalue weighted by Gasteiger charge is 2.29. The lowest BCUT2D eigenvalue weighted by Gasteiger charge is -2.22. The van der Waals surface area contributed by atoms with Crippen molar-refractivity contribution in [2.24, 2.45) is 0 Å². The number of methoxy groups -OCH3 is 2. The summed E-state index contributed by atoms with van der Waals surface area (Å²) < 4.78 is 11.5. The second-order valence-electron chi connectivity index (χ2n) is 6.82. The molecular weight excluding hydrogens is 444 g/mol. The number of hydrogen-bond acceptors (Lipinski definition) is 8. The van der Waals surface area contributed by atoms with Crippen LogP contribution in [-0.4, -0.2) is 62.1 Å². The zero-order valence-electron chi connectivity index (χ0n) is 17.4. The summed E-state index contributed by atoms with van der Waals surface area (Å²) in [5, 5.41) is 12.1. The van der Waals surface area contributed by atoms with Crippen LogP contribution in [0.1, 0.15) is 10.4 Å². The summed E-state index contributed by atoms with van der Waals surface area (Å²) in [6.45, 7) is 0.782. The molecule has 3 rings (SSSR count). The number of hydrogen-bond donors (Lipinski definition) is 0. The normalized spacial score (nSPS) is 11.0. The van der Waals surface area contributed by atoms with Crippen LogP contribution in [-0.2, 0) is 0 Å². The molecule has 1 aromatic heterocycles. The van der Waals surface area contributed by atoms with Crippen LogP contribution in [0, 0.1) is 10.1 Å². The highest BCUT2D eigenvalue weighted by molar-refractivity contribution is 7.22. The van der Waals surface area contributed by atoms with Crippen LogP contribution in [0.3, 0.4) is 0 Å². The number of benzene rings is 2. The van der Waals surface area contributed by atoms with Gasteiger partial charge in [0.2, 0.25) is 0 Å². The van der Waals surface area contributed by atoms with Gasteiger partial charge in [-0.05, 0) is 38.4 Å². The molecule has 31 heavy (non-hydrogen) atoms. The van der Waals surface area contributed by atoms with Crippen LogP contribution in [0.15, 0.2) is 30.3 Å². The Morgan fingerprint density at radius 1 is 1.16 bits per heavy atom. The van der Waals surface area contributed by atoms with Crippen molar-refractivity contribution in [2.45, 2.75) is 0 Å². The molecule has 0 aliphatic rings. The summed E-state index contributed by atoms with van der Waals surface area (Å²) in [5.41, 5.74) is 0.125. The van der Waals surface area contributed by atoms with E-state index in [0.717, 1.165) is 0 Å². The number of aromatic nitrogens is 1. The second-order valence-corrected chi connectivity index (χ2v) is 8.24. The van der Waals surface area contributed by atoms with E-state index >= 15 is 0 Å². The molecule has 0 fully saturated rings. The summed E-state index contributed by atoms with van der Waals surface area (Å²) in [5.74, 6) is 0.563. The first kappa shape index (κ1) is 22.7. The van der Waals surface area contributed by atoms with E-state index in [9.17, 15) is 14.9 Å². The van der Waals surface area contributed by atoms with E-state index < -0.39 is 10.8 Å². The Kier molecular flexibility index (Phi) is 6.94. The first-order chi connectivity index (χ1) is 14.8. The summed E-state index contributed by atoms with van der Waals surface area (Å²) >= 11 is 7.29. The maximum atomic E-state index is 13.5. The molecule has 0 aliphatic heterocycles. The van der Waals surface area contributed by atoms with Gasteiger partial charge in [0.05, 0.1) is 19.1 Å². The van der Waals surface area contributed by atoms with Gasteiger partial charge in [-0.2, -0.15) is 0 Å². The lowest BCUT2D eigenvalue weighted by atomic mass is 10.1. The van der Waals surface area contributed by atoms with Crippen molar-refractivity contribution in [3.63, 3.8) is 0 Å². The number of halogens is 1. The average molecular weight is 465 g/mol. The van der Waals surface area contributed by atoms with Gasteiger partial charge in [0.1, 0.15) is 27.3 Å². The summed E-state index contributed by atoms with van der Waals surface area (Å²) in [6.07, 6.45) is 0. The first-order valence-corrected chi connectivity index (χ1v) is 10.4. The van der Waals surface area contributed by atoms with Crippen LogP contribution in [0.2, 0.25) is 5.02 Å². The van der Waals surface area contributed by atoms with Gasteiger partial charge in [0, 0.05) is 24.2 Å². The average Bonchev–Trinajstić information content (AvgIpc) is 3.17. The van der Waals surface area contributed by atoms with Crippen molar-refractivity contribution in [1.29, 1.82) is 0 Å². The van der Waals surface area contributed by atoms with E-state index in [4.69, 9.17) is 21.1 Å². The largest absolute Gasteiger partial charge is 0.495 e. The smallest absolute Gasteiger partial charge is 0.282 e. The number of carbonyl (C=O) groups excluding carboxylic acids is 1. The van der Waals surface area contributed by atoms with E-state index in [2.05, 4.69) is 4.98 Å². The number of nitro groups is 1. The highest BCUT2D eigenvalue weighted by atomic mass is 35.5. The molecule has 2 aromatic carbocycles. The third kappa shape index (κ3) is 4.71. The highest BCUT2D eigenvalue weighted by Crippen LogP contribution is 2.40. The van der Waals surface area contributed by atoms with Crippen LogP contribution in [0.5, 0.6) is 11.5 Å². The third-order valence-corrected chi connectivity index (χ3v) is 5.86. The van der Waals surface area contributed by atoms with Gasteiger partial charge in [0.15, 0.2) is 5.13 Å². The minimum atomic E-state index is -0.599. The summed E-state index contributed by atoms with van der Waals surface area (Å²) in [4.78, 5) is 32.3. The van der Waals surface area contributed by atoms with E-state index in [1.54, 1.807) is 19.2 Å². The fourth-order valence-electron chi connectivity index (χ4n) is 2.96. The lowest BCUT2D eigenvalue weighted by Crippen LogP contribution is -2.37. The number of fused-ring (bicyclic) bond motifs is 1. The van der Waals surface area contributed by atoms with Gasteiger partial charge in [0.25, 0.3) is 11.6 Å². The maximum Gasteiger partial charge on any atom is 0.282 e. The van der Waals surface area contributed by atoms with Gasteiger partial charge in [-0.1, -0.05) is 22.9 Å². The van der Waals surface area contributed by atoms with Crippen LogP contribution >= 0.6 is 22.9 Å². The SMILES string of the molecule is COc1ccc(OC)c2sc(N(CCN(C)C)C(=O)c3cc(Cl)ccc3[N+](=O)[O-])nc12. The molecule has 1 amide bonds. The van der Waals surface area contributed by atoms with Crippen LogP contribution in [0.25, 0.3) is 10.2 Å². The van der Waals surface area contributed by atoms with Crippen molar-refractivity contribution >= 4 is 49.9 Å². The number of nitrogens with zero attached hydrogens (tertiary/aromatic N) is 4. The molecule has 164 valence electrons. The zero-order chi connectivity index (χ0) is 22.7. The van der Waals surface area contributed by atoms with E-state index in [-0.39, 0.29) is 22.8 Å². The second kappa shape index (κ2) is 9.46. The number of amides is 1. The van der Waals surface area contributed by atoms with Gasteiger partial charge in [-0.25, -0.2) is 4.98 Å². The fraction of sp³-hybridized carbons (Fsp3) is 0.300. The molecule has 9 nitrogen and oxygen atoms in total. The molecule has 1 heterocycles. The summed E-state index contributed by atoms with van der Waals surface area (Å²) in [7, 11) is 6.82. The maximum absolute atomic E-state index is 13.5. The van der Waals surface area contributed by atoms with Crippen molar-refractivity contribution in [1.82, 2.24) is 9.88 Å². The zero-order valence-corrected chi connectivity index (χ0v) is 19.0. The Bertz CT molecular complexity index is 1090. The van der Waals surface area contributed by atoms with E-state index in [1.165, 1.54) is 41.5 Å². The topological polar surface area (TPSA) is 98.0 Å².